The van der Waals surface area contributed by atoms with Crippen LogP contribution < -0.4 is 5.32 Å². The van der Waals surface area contributed by atoms with Gasteiger partial charge < -0.3 is 9.88 Å². The first-order chi connectivity index (χ1) is 13.2. The Morgan fingerprint density at radius 3 is 2.70 bits per heavy atom. The number of pyridine rings is 1. The van der Waals surface area contributed by atoms with Gasteiger partial charge in [-0.3, -0.25) is 15.1 Å². The lowest BCUT2D eigenvalue weighted by atomic mass is 10.1. The fourth-order valence-electron chi connectivity index (χ4n) is 3.09. The molecule has 0 spiro atoms. The van der Waals surface area contributed by atoms with E-state index in [4.69, 9.17) is 0 Å². The maximum Gasteiger partial charge on any atom is 0.278 e. The summed E-state index contributed by atoms with van der Waals surface area (Å²) in [5.41, 5.74) is 2.06. The highest BCUT2D eigenvalue weighted by atomic mass is 16.6. The average molecular weight is 359 g/mol. The van der Waals surface area contributed by atoms with E-state index in [2.05, 4.69) is 32.0 Å². The van der Waals surface area contributed by atoms with Crippen molar-refractivity contribution >= 4 is 22.1 Å². The number of nitrogens with zero attached hydrogens (tertiary/aromatic N) is 4. The molecule has 2 aromatic carbocycles. The Labute approximate surface area is 155 Å². The first kappa shape index (κ1) is 16.7. The van der Waals surface area contributed by atoms with Gasteiger partial charge in [0.1, 0.15) is 5.82 Å². The molecule has 4 aromatic rings. The summed E-state index contributed by atoms with van der Waals surface area (Å²) in [7, 11) is 0. The number of nitrogens with one attached hydrogen (secondary N) is 1. The molecule has 2 aromatic heterocycles. The van der Waals surface area contributed by atoms with Crippen LogP contribution in [0.4, 0.5) is 11.4 Å². The van der Waals surface area contributed by atoms with Crippen LogP contribution in [0.2, 0.25) is 0 Å². The summed E-state index contributed by atoms with van der Waals surface area (Å²) in [6.07, 6.45) is 6.88. The van der Waals surface area contributed by atoms with Crippen molar-refractivity contribution in [1.82, 2.24) is 14.5 Å². The second kappa shape index (κ2) is 7.25. The molecule has 0 saturated carbocycles. The van der Waals surface area contributed by atoms with Gasteiger partial charge in [-0.25, -0.2) is 4.98 Å². The Morgan fingerprint density at radius 1 is 1.04 bits per heavy atom. The zero-order valence-electron chi connectivity index (χ0n) is 14.4. The Kier molecular flexibility index (Phi) is 4.49. The number of aromatic nitrogens is 3. The molecule has 0 radical (unpaired) electrons. The van der Waals surface area contributed by atoms with Crippen LogP contribution in [0.5, 0.6) is 0 Å². The molecule has 0 fully saturated rings. The van der Waals surface area contributed by atoms with Crippen molar-refractivity contribution in [1.29, 1.82) is 0 Å². The number of nitro benzene ring substituents is 1. The monoisotopic (exact) mass is 359 g/mol. The van der Waals surface area contributed by atoms with Crippen LogP contribution in [0.3, 0.4) is 0 Å². The molecule has 0 unspecified atom stereocenters. The van der Waals surface area contributed by atoms with Gasteiger partial charge >= 0.3 is 0 Å². The fourth-order valence-corrected chi connectivity index (χ4v) is 3.09. The van der Waals surface area contributed by atoms with Crippen LogP contribution >= 0.6 is 0 Å². The quantitative estimate of drug-likeness (QED) is 0.415. The van der Waals surface area contributed by atoms with Crippen molar-refractivity contribution in [2.45, 2.75) is 13.1 Å². The second-order valence-corrected chi connectivity index (χ2v) is 6.12. The third-order valence-corrected chi connectivity index (χ3v) is 4.43. The van der Waals surface area contributed by atoms with Gasteiger partial charge in [0.2, 0.25) is 0 Å². The molecule has 134 valence electrons. The van der Waals surface area contributed by atoms with E-state index in [9.17, 15) is 10.1 Å². The number of non-ortho nitro benzene ring substituents is 1. The Balaban J connectivity index is 1.58. The van der Waals surface area contributed by atoms with E-state index in [1.165, 1.54) is 17.8 Å². The maximum atomic E-state index is 11.2. The second-order valence-electron chi connectivity index (χ2n) is 6.12. The summed E-state index contributed by atoms with van der Waals surface area (Å²) in [4.78, 5) is 19.3. The van der Waals surface area contributed by atoms with E-state index in [1.54, 1.807) is 24.5 Å². The molecule has 0 amide bonds. The smallest absolute Gasteiger partial charge is 0.278 e. The summed E-state index contributed by atoms with van der Waals surface area (Å²) < 4.78 is 2.08. The molecule has 0 aliphatic heterocycles. The lowest BCUT2D eigenvalue weighted by Gasteiger charge is -2.12. The zero-order valence-corrected chi connectivity index (χ0v) is 14.4. The summed E-state index contributed by atoms with van der Waals surface area (Å²) in [6, 6.07) is 15.2. The van der Waals surface area contributed by atoms with Crippen molar-refractivity contribution in [2.24, 2.45) is 0 Å². The molecule has 7 nitrogen and oxygen atoms in total. The minimum atomic E-state index is -0.389. The number of benzene rings is 2. The zero-order chi connectivity index (χ0) is 18.6. The molecular formula is C20H17N5O2. The van der Waals surface area contributed by atoms with Crippen LogP contribution in [0.15, 0.2) is 73.3 Å². The van der Waals surface area contributed by atoms with Crippen molar-refractivity contribution in [3.8, 4) is 0 Å². The Bertz CT molecular complexity index is 1090. The largest absolute Gasteiger partial charge is 0.377 e. The van der Waals surface area contributed by atoms with Crippen LogP contribution in [0.25, 0.3) is 10.8 Å². The van der Waals surface area contributed by atoms with E-state index in [-0.39, 0.29) is 10.6 Å². The molecule has 4 rings (SSSR count). The third-order valence-electron chi connectivity index (χ3n) is 4.43. The third kappa shape index (κ3) is 3.48. The lowest BCUT2D eigenvalue weighted by Crippen LogP contribution is -2.09. The summed E-state index contributed by atoms with van der Waals surface area (Å²) >= 11 is 0. The summed E-state index contributed by atoms with van der Waals surface area (Å²) in [5, 5.41) is 15.9. The molecule has 7 heteroatoms. The van der Waals surface area contributed by atoms with E-state index < -0.39 is 0 Å². The molecule has 0 saturated heterocycles. The normalized spacial score (nSPS) is 10.8. The van der Waals surface area contributed by atoms with Gasteiger partial charge in [0.15, 0.2) is 0 Å². The Morgan fingerprint density at radius 2 is 1.89 bits per heavy atom. The summed E-state index contributed by atoms with van der Waals surface area (Å²) in [5.74, 6) is 0.888. The minimum absolute atomic E-state index is 0.0502. The van der Waals surface area contributed by atoms with E-state index in [0.717, 1.165) is 23.4 Å². The average Bonchev–Trinajstić information content (AvgIpc) is 3.13. The number of hydrogen-bond donors (Lipinski definition) is 1. The number of rotatable bonds is 6. The number of nitro groups is 1. The maximum absolute atomic E-state index is 11.2. The molecule has 0 bridgehead atoms. The molecule has 2 heterocycles. The number of hydrogen-bond acceptors (Lipinski definition) is 5. The molecule has 0 aliphatic carbocycles. The van der Waals surface area contributed by atoms with E-state index >= 15 is 0 Å². The van der Waals surface area contributed by atoms with Gasteiger partial charge in [-0.15, -0.1) is 0 Å². The van der Waals surface area contributed by atoms with Gasteiger partial charge in [-0.05, 0) is 17.7 Å². The molecular weight excluding hydrogens is 342 g/mol. The first-order valence-electron chi connectivity index (χ1n) is 8.51. The van der Waals surface area contributed by atoms with Gasteiger partial charge in [-0.2, -0.15) is 0 Å². The van der Waals surface area contributed by atoms with Crippen molar-refractivity contribution in [3.63, 3.8) is 0 Å². The van der Waals surface area contributed by atoms with Crippen LogP contribution in [0, 0.1) is 10.1 Å². The highest BCUT2D eigenvalue weighted by molar-refractivity contribution is 5.99. The van der Waals surface area contributed by atoms with Gasteiger partial charge in [-0.1, -0.05) is 30.3 Å². The topological polar surface area (TPSA) is 85.9 Å². The molecule has 0 atom stereocenters. The highest BCUT2D eigenvalue weighted by Crippen LogP contribution is 2.30. The van der Waals surface area contributed by atoms with Crippen molar-refractivity contribution in [3.05, 3.63) is 94.8 Å². The number of fused-ring (bicyclic) bond motifs is 1. The van der Waals surface area contributed by atoms with E-state index in [0.29, 0.717) is 11.9 Å². The predicted molar refractivity (Wildman–Crippen MR) is 103 cm³/mol. The van der Waals surface area contributed by atoms with Crippen molar-refractivity contribution in [2.75, 3.05) is 5.32 Å². The standard InChI is InChI=1S/C20H17N5O2/c26-25(27)19-7-6-18(16-8-9-21-12-17(16)19)23-13-20-22-10-11-24(20)14-15-4-2-1-3-5-15/h1-12,23H,13-14H2. The first-order valence-corrected chi connectivity index (χ1v) is 8.51. The number of imidazole rings is 1. The Hall–Kier alpha value is -3.74. The van der Waals surface area contributed by atoms with Crippen LogP contribution in [-0.4, -0.2) is 19.5 Å². The molecule has 1 N–H and O–H groups in total. The predicted octanol–water partition coefficient (Wildman–Crippen LogP) is 4.00. The van der Waals surface area contributed by atoms with E-state index in [1.807, 2.05) is 24.4 Å². The molecule has 0 aliphatic rings. The number of anilines is 1. The van der Waals surface area contributed by atoms with Gasteiger partial charge in [0.25, 0.3) is 5.69 Å². The summed E-state index contributed by atoms with van der Waals surface area (Å²) in [6.45, 7) is 1.25. The van der Waals surface area contributed by atoms with Crippen molar-refractivity contribution < 1.29 is 4.92 Å². The fraction of sp³-hybridized carbons (Fsp3) is 0.100. The highest BCUT2D eigenvalue weighted by Gasteiger charge is 2.14. The van der Waals surface area contributed by atoms with Crippen LogP contribution in [-0.2, 0) is 13.1 Å². The molecule has 27 heavy (non-hydrogen) atoms. The minimum Gasteiger partial charge on any atom is -0.377 e. The lowest BCUT2D eigenvalue weighted by molar-refractivity contribution is -0.383. The van der Waals surface area contributed by atoms with Gasteiger partial charge in [0.05, 0.1) is 16.9 Å². The van der Waals surface area contributed by atoms with Gasteiger partial charge in [0, 0.05) is 48.5 Å². The van der Waals surface area contributed by atoms with Crippen LogP contribution in [0.1, 0.15) is 11.4 Å². The SMILES string of the molecule is O=[N+]([O-])c1ccc(NCc2nccn2Cc2ccccc2)c2ccncc12.